The number of fused-ring (bicyclic) bond motifs is 1. The molecular formula is C30H34N2O3. The Morgan fingerprint density at radius 2 is 1.74 bits per heavy atom. The van der Waals surface area contributed by atoms with E-state index < -0.39 is 16.4 Å². The molecule has 0 N–H and O–H groups in total. The van der Waals surface area contributed by atoms with Crippen molar-refractivity contribution >= 4 is 17.7 Å². The van der Waals surface area contributed by atoms with Gasteiger partial charge in [-0.1, -0.05) is 60.7 Å². The zero-order valence-corrected chi connectivity index (χ0v) is 20.9. The fourth-order valence-electron chi connectivity index (χ4n) is 6.74. The van der Waals surface area contributed by atoms with Gasteiger partial charge >= 0.3 is 6.09 Å². The molecule has 5 rings (SSSR count). The van der Waals surface area contributed by atoms with E-state index in [4.69, 9.17) is 4.74 Å². The number of nitrogens with zero attached hydrogens (tertiary/aromatic N) is 2. The summed E-state index contributed by atoms with van der Waals surface area (Å²) in [6.07, 6.45) is 4.72. The van der Waals surface area contributed by atoms with E-state index in [1.165, 1.54) is 0 Å². The smallest absolute Gasteiger partial charge is 0.410 e. The lowest BCUT2D eigenvalue weighted by Gasteiger charge is -2.46. The van der Waals surface area contributed by atoms with Gasteiger partial charge in [0.2, 0.25) is 5.91 Å². The van der Waals surface area contributed by atoms with Crippen molar-refractivity contribution in [2.75, 3.05) is 11.4 Å². The maximum absolute atomic E-state index is 14.3. The van der Waals surface area contributed by atoms with Crippen LogP contribution in [0.1, 0.15) is 44.7 Å². The van der Waals surface area contributed by atoms with Crippen LogP contribution in [0.2, 0.25) is 0 Å². The molecule has 1 saturated heterocycles. The van der Waals surface area contributed by atoms with Gasteiger partial charge in [-0.15, -0.1) is 13.2 Å². The Morgan fingerprint density at radius 3 is 2.40 bits per heavy atom. The molecule has 2 heterocycles. The summed E-state index contributed by atoms with van der Waals surface area (Å²) in [7, 11) is 0. The van der Waals surface area contributed by atoms with Crippen molar-refractivity contribution in [1.82, 2.24) is 4.90 Å². The van der Waals surface area contributed by atoms with Gasteiger partial charge in [-0.05, 0) is 50.8 Å². The Kier molecular flexibility index (Phi) is 5.42. The second-order valence-electron chi connectivity index (χ2n) is 11.1. The highest BCUT2D eigenvalue weighted by Gasteiger charge is 2.70. The molecule has 1 spiro atoms. The average Bonchev–Trinajstić information content (AvgIpc) is 3.37. The van der Waals surface area contributed by atoms with E-state index in [0.29, 0.717) is 25.9 Å². The van der Waals surface area contributed by atoms with Crippen LogP contribution in [-0.2, 0) is 21.5 Å². The summed E-state index contributed by atoms with van der Waals surface area (Å²) < 4.78 is 5.83. The van der Waals surface area contributed by atoms with Crippen LogP contribution in [0.15, 0.2) is 79.9 Å². The van der Waals surface area contributed by atoms with Gasteiger partial charge in [-0.2, -0.15) is 0 Å². The lowest BCUT2D eigenvalue weighted by Crippen LogP contribution is -2.55. The summed E-state index contributed by atoms with van der Waals surface area (Å²) >= 11 is 0. The number of carbonyl (C=O) groups excluding carboxylic acids is 2. The van der Waals surface area contributed by atoms with Crippen molar-refractivity contribution in [1.29, 1.82) is 0 Å². The standard InChI is InChI=1S/C30H34N2O3/c1-6-29(7-2)19-23-25(33)32(20-21-13-9-8-10-14-21)24-16-12-11-15-22(24)30(23)17-18-31(26(29)30)27(34)35-28(3,4)5/h6-16,23,26H,1-2,17-20H2,3-5H3/t23-,26?,30-/m0/s1. The third-order valence-corrected chi connectivity index (χ3v) is 8.09. The molecule has 2 aromatic carbocycles. The van der Waals surface area contributed by atoms with Gasteiger partial charge in [0.25, 0.3) is 0 Å². The number of amides is 2. The van der Waals surface area contributed by atoms with Crippen LogP contribution < -0.4 is 4.90 Å². The van der Waals surface area contributed by atoms with E-state index in [1.54, 1.807) is 0 Å². The average molecular weight is 471 g/mol. The number of rotatable bonds is 4. The van der Waals surface area contributed by atoms with Gasteiger partial charge in [0.1, 0.15) is 5.60 Å². The summed E-state index contributed by atoms with van der Waals surface area (Å²) in [6.45, 7) is 15.0. The minimum absolute atomic E-state index is 0.106. The van der Waals surface area contributed by atoms with Gasteiger partial charge in [-0.25, -0.2) is 4.79 Å². The number of carbonyl (C=O) groups is 2. The number of benzene rings is 2. The first-order chi connectivity index (χ1) is 16.7. The predicted octanol–water partition coefficient (Wildman–Crippen LogP) is 5.86. The molecule has 2 fully saturated rings. The fraction of sp³-hybridized carbons (Fsp3) is 0.400. The molecule has 1 saturated carbocycles. The number of para-hydroxylation sites is 1. The Morgan fingerprint density at radius 1 is 1.09 bits per heavy atom. The molecule has 182 valence electrons. The molecule has 5 nitrogen and oxygen atoms in total. The zero-order chi connectivity index (χ0) is 25.0. The van der Waals surface area contributed by atoms with Crippen LogP contribution in [0, 0.1) is 11.3 Å². The van der Waals surface area contributed by atoms with Gasteiger partial charge in [0.15, 0.2) is 0 Å². The largest absolute Gasteiger partial charge is 0.444 e. The monoisotopic (exact) mass is 470 g/mol. The first kappa shape index (κ1) is 23.4. The highest BCUT2D eigenvalue weighted by Crippen LogP contribution is 2.65. The Labute approximate surface area is 208 Å². The van der Waals surface area contributed by atoms with Crippen molar-refractivity contribution in [3.05, 3.63) is 91.0 Å². The molecule has 0 radical (unpaired) electrons. The normalized spacial score (nSPS) is 26.5. The zero-order valence-electron chi connectivity index (χ0n) is 20.9. The lowest BCUT2D eigenvalue weighted by molar-refractivity contribution is -0.125. The van der Waals surface area contributed by atoms with E-state index in [9.17, 15) is 9.59 Å². The number of likely N-dealkylation sites (tertiary alicyclic amines) is 1. The van der Waals surface area contributed by atoms with Gasteiger partial charge < -0.3 is 14.5 Å². The lowest BCUT2D eigenvalue weighted by atomic mass is 9.65. The van der Waals surface area contributed by atoms with E-state index >= 15 is 0 Å². The molecule has 2 aromatic rings. The number of hydrogen-bond acceptors (Lipinski definition) is 3. The number of ether oxygens (including phenoxy) is 1. The first-order valence-corrected chi connectivity index (χ1v) is 12.4. The Hall–Kier alpha value is -3.34. The van der Waals surface area contributed by atoms with Crippen LogP contribution >= 0.6 is 0 Å². The van der Waals surface area contributed by atoms with Crippen LogP contribution in [0.3, 0.4) is 0 Å². The maximum Gasteiger partial charge on any atom is 0.410 e. The van der Waals surface area contributed by atoms with Crippen molar-refractivity contribution in [3.63, 3.8) is 0 Å². The summed E-state index contributed by atoms with van der Waals surface area (Å²) in [5.41, 5.74) is 1.42. The van der Waals surface area contributed by atoms with Gasteiger partial charge in [0.05, 0.1) is 18.5 Å². The van der Waals surface area contributed by atoms with E-state index in [2.05, 4.69) is 31.4 Å². The fourth-order valence-corrected chi connectivity index (χ4v) is 6.74. The maximum atomic E-state index is 14.3. The van der Waals surface area contributed by atoms with Crippen molar-refractivity contribution in [2.24, 2.45) is 11.3 Å². The molecule has 1 unspecified atom stereocenters. The third-order valence-electron chi connectivity index (χ3n) is 8.09. The van der Waals surface area contributed by atoms with Gasteiger partial charge in [-0.3, -0.25) is 4.79 Å². The third kappa shape index (κ3) is 3.43. The molecule has 35 heavy (non-hydrogen) atoms. The second-order valence-corrected chi connectivity index (χ2v) is 11.1. The quantitative estimate of drug-likeness (QED) is 0.526. The summed E-state index contributed by atoms with van der Waals surface area (Å²) in [6, 6.07) is 18.0. The molecule has 1 aliphatic carbocycles. The molecule has 2 amide bonds. The van der Waals surface area contributed by atoms with Crippen molar-refractivity contribution < 1.29 is 14.3 Å². The SMILES string of the molecule is C=CC1(C=C)C[C@H]2C(=O)N(Cc3ccccc3)c3ccccc3[C@@]23CCN(C(=O)OC(C)(C)C)C13. The topological polar surface area (TPSA) is 49.9 Å². The predicted molar refractivity (Wildman–Crippen MR) is 138 cm³/mol. The minimum Gasteiger partial charge on any atom is -0.444 e. The Bertz CT molecular complexity index is 1170. The van der Waals surface area contributed by atoms with Gasteiger partial charge in [0, 0.05) is 23.1 Å². The Balaban J connectivity index is 1.66. The van der Waals surface area contributed by atoms with Crippen molar-refractivity contribution in [3.8, 4) is 0 Å². The van der Waals surface area contributed by atoms with E-state index in [0.717, 1.165) is 16.8 Å². The molecule has 0 aromatic heterocycles. The molecule has 5 heteroatoms. The highest BCUT2D eigenvalue weighted by atomic mass is 16.6. The molecular weight excluding hydrogens is 436 g/mol. The second kappa shape index (κ2) is 8.11. The van der Waals surface area contributed by atoms with Crippen LogP contribution in [0.25, 0.3) is 0 Å². The summed E-state index contributed by atoms with van der Waals surface area (Å²) in [5.74, 6) is -0.177. The summed E-state index contributed by atoms with van der Waals surface area (Å²) in [5, 5.41) is 0. The van der Waals surface area contributed by atoms with Crippen LogP contribution in [0.4, 0.5) is 10.5 Å². The number of anilines is 1. The first-order valence-electron chi connectivity index (χ1n) is 12.4. The molecule has 3 atom stereocenters. The highest BCUT2D eigenvalue weighted by molar-refractivity contribution is 6.01. The molecule has 2 aliphatic heterocycles. The van der Waals surface area contributed by atoms with Crippen LogP contribution in [-0.4, -0.2) is 35.1 Å². The van der Waals surface area contributed by atoms with E-state index in [1.807, 2.05) is 79.1 Å². The van der Waals surface area contributed by atoms with Crippen LogP contribution in [0.5, 0.6) is 0 Å². The molecule has 3 aliphatic rings. The van der Waals surface area contributed by atoms with Crippen molar-refractivity contribution in [2.45, 2.75) is 57.2 Å². The van der Waals surface area contributed by atoms with E-state index in [-0.39, 0.29) is 24.0 Å². The number of hydrogen-bond donors (Lipinski definition) is 0. The minimum atomic E-state index is -0.608. The summed E-state index contributed by atoms with van der Waals surface area (Å²) in [4.78, 5) is 31.5. The molecule has 0 bridgehead atoms.